The summed E-state index contributed by atoms with van der Waals surface area (Å²) in [5.41, 5.74) is 0. The van der Waals surface area contributed by atoms with E-state index in [9.17, 15) is 0 Å². The van der Waals surface area contributed by atoms with Crippen molar-refractivity contribution in [3.8, 4) is 0 Å². The average Bonchev–Trinajstić information content (AvgIpc) is 3.45. The van der Waals surface area contributed by atoms with Crippen molar-refractivity contribution in [2.24, 2.45) is 11.8 Å². The summed E-state index contributed by atoms with van der Waals surface area (Å²) in [6, 6.07) is 2.24. The minimum absolute atomic E-state index is 0.724. The van der Waals surface area contributed by atoms with Crippen LogP contribution in [0, 0.1) is 18.8 Å². The lowest BCUT2D eigenvalue weighted by Crippen LogP contribution is -2.40. The second kappa shape index (κ2) is 9.98. The van der Waals surface area contributed by atoms with Crippen molar-refractivity contribution in [1.82, 2.24) is 19.8 Å². The zero-order valence-corrected chi connectivity index (χ0v) is 19.0. The molecule has 0 amide bonds. The van der Waals surface area contributed by atoms with E-state index in [4.69, 9.17) is 19.4 Å². The maximum atomic E-state index is 5.50. The van der Waals surface area contributed by atoms with Crippen LogP contribution in [0.3, 0.4) is 0 Å². The molecule has 0 spiro atoms. The van der Waals surface area contributed by atoms with E-state index in [1.54, 1.807) is 0 Å². The van der Waals surface area contributed by atoms with Crippen LogP contribution >= 0.6 is 0 Å². The smallest absolute Gasteiger partial charge is 0.134 e. The molecular weight excluding hydrogens is 392 g/mol. The van der Waals surface area contributed by atoms with Gasteiger partial charge in [0.1, 0.15) is 17.5 Å². The van der Waals surface area contributed by atoms with Gasteiger partial charge in [-0.2, -0.15) is 0 Å². The molecule has 5 heterocycles. The highest BCUT2D eigenvalue weighted by Crippen LogP contribution is 2.29. The minimum atomic E-state index is 0.724. The van der Waals surface area contributed by atoms with Gasteiger partial charge < -0.3 is 19.3 Å². The van der Waals surface area contributed by atoms with E-state index in [0.29, 0.717) is 0 Å². The summed E-state index contributed by atoms with van der Waals surface area (Å²) in [5, 5.41) is 0. The highest BCUT2D eigenvalue weighted by atomic mass is 16.5. The Bertz CT molecular complexity index is 666. The Hall–Kier alpha value is -1.48. The molecular formula is C23H38N6O2. The summed E-state index contributed by atoms with van der Waals surface area (Å²) in [6.45, 7) is 16.7. The van der Waals surface area contributed by atoms with Crippen LogP contribution in [-0.2, 0) is 9.47 Å². The van der Waals surface area contributed by atoms with Crippen molar-refractivity contribution in [1.29, 1.82) is 0 Å². The number of anilines is 2. The molecule has 1 aromatic rings. The molecule has 0 N–H and O–H groups in total. The van der Waals surface area contributed by atoms with Gasteiger partial charge in [-0.3, -0.25) is 9.80 Å². The molecule has 2 atom stereocenters. The van der Waals surface area contributed by atoms with E-state index < -0.39 is 0 Å². The van der Waals surface area contributed by atoms with Crippen LogP contribution in [0.4, 0.5) is 11.6 Å². The third kappa shape index (κ3) is 5.48. The number of rotatable bonds is 6. The fourth-order valence-electron chi connectivity index (χ4n) is 5.54. The Morgan fingerprint density at radius 3 is 1.65 bits per heavy atom. The van der Waals surface area contributed by atoms with Gasteiger partial charge in [0.2, 0.25) is 0 Å². The maximum absolute atomic E-state index is 5.50. The van der Waals surface area contributed by atoms with Crippen molar-refractivity contribution < 1.29 is 9.47 Å². The molecule has 0 radical (unpaired) electrons. The standard InChI is InChI=1S/C23H38N6O2/c1-19-24-22(28-4-2-20(17-28)15-26-6-10-30-11-7-26)14-23(25-19)29-5-3-21(18-29)16-27-8-12-31-13-9-27/h14,20-21H,2-13,15-18H2,1H3/t20-,21-/m1/s1. The second-order valence-corrected chi connectivity index (χ2v) is 9.66. The number of aryl methyl sites for hydroxylation is 1. The highest BCUT2D eigenvalue weighted by Gasteiger charge is 2.29. The first kappa shape index (κ1) is 21.4. The molecule has 1 aromatic heterocycles. The number of aromatic nitrogens is 2. The monoisotopic (exact) mass is 430 g/mol. The Labute approximate surface area is 186 Å². The topological polar surface area (TPSA) is 57.2 Å². The number of ether oxygens (including phenoxy) is 2. The van der Waals surface area contributed by atoms with Gasteiger partial charge in [-0.05, 0) is 31.6 Å². The average molecular weight is 431 g/mol. The molecule has 4 aliphatic rings. The van der Waals surface area contributed by atoms with E-state index >= 15 is 0 Å². The molecule has 8 nitrogen and oxygen atoms in total. The Kier molecular flexibility index (Phi) is 6.88. The van der Waals surface area contributed by atoms with Gasteiger partial charge in [-0.25, -0.2) is 9.97 Å². The van der Waals surface area contributed by atoms with Crippen LogP contribution < -0.4 is 9.80 Å². The zero-order valence-electron chi connectivity index (χ0n) is 19.0. The molecule has 8 heteroatoms. The van der Waals surface area contributed by atoms with Crippen LogP contribution in [0.1, 0.15) is 18.7 Å². The van der Waals surface area contributed by atoms with Gasteiger partial charge in [0, 0.05) is 71.5 Å². The SMILES string of the molecule is Cc1nc(N2CC[C@H](CN3CCOCC3)C2)cc(N2CC[C@H](CN3CCOCC3)C2)n1. The predicted molar refractivity (Wildman–Crippen MR) is 122 cm³/mol. The van der Waals surface area contributed by atoms with E-state index in [1.165, 1.54) is 25.9 Å². The molecule has 0 bridgehead atoms. The third-order valence-electron chi connectivity index (χ3n) is 7.27. The fourth-order valence-corrected chi connectivity index (χ4v) is 5.54. The lowest BCUT2D eigenvalue weighted by Gasteiger charge is -2.29. The highest BCUT2D eigenvalue weighted by molar-refractivity contribution is 5.52. The first-order valence-electron chi connectivity index (χ1n) is 12.2. The third-order valence-corrected chi connectivity index (χ3v) is 7.27. The Morgan fingerprint density at radius 2 is 1.19 bits per heavy atom. The first-order chi connectivity index (χ1) is 15.2. The summed E-state index contributed by atoms with van der Waals surface area (Å²) >= 11 is 0. The van der Waals surface area contributed by atoms with Gasteiger partial charge in [0.15, 0.2) is 0 Å². The molecule has 4 fully saturated rings. The number of morpholine rings is 2. The molecule has 31 heavy (non-hydrogen) atoms. The Morgan fingerprint density at radius 1 is 0.742 bits per heavy atom. The van der Waals surface area contributed by atoms with Crippen molar-refractivity contribution in [2.45, 2.75) is 19.8 Å². The molecule has 4 saturated heterocycles. The normalized spacial score (nSPS) is 28.5. The summed E-state index contributed by atoms with van der Waals surface area (Å²) < 4.78 is 11.0. The summed E-state index contributed by atoms with van der Waals surface area (Å²) in [4.78, 5) is 19.7. The number of hydrogen-bond acceptors (Lipinski definition) is 8. The van der Waals surface area contributed by atoms with Crippen molar-refractivity contribution in [2.75, 3.05) is 102 Å². The van der Waals surface area contributed by atoms with Crippen LogP contribution in [-0.4, -0.2) is 112 Å². The largest absolute Gasteiger partial charge is 0.379 e. The minimum Gasteiger partial charge on any atom is -0.379 e. The summed E-state index contributed by atoms with van der Waals surface area (Å²) in [5.74, 6) is 4.57. The van der Waals surface area contributed by atoms with Gasteiger partial charge >= 0.3 is 0 Å². The molecule has 0 aliphatic carbocycles. The van der Waals surface area contributed by atoms with E-state index in [2.05, 4.69) is 25.7 Å². The van der Waals surface area contributed by atoms with Crippen LogP contribution in [0.15, 0.2) is 6.07 Å². The molecule has 0 saturated carbocycles. The second-order valence-electron chi connectivity index (χ2n) is 9.66. The predicted octanol–water partition coefficient (Wildman–Crippen LogP) is 1.10. The fraction of sp³-hybridized carbons (Fsp3) is 0.826. The number of hydrogen-bond donors (Lipinski definition) is 0. The van der Waals surface area contributed by atoms with E-state index in [1.807, 2.05) is 6.92 Å². The van der Waals surface area contributed by atoms with Crippen LogP contribution in [0.2, 0.25) is 0 Å². The van der Waals surface area contributed by atoms with Crippen LogP contribution in [0.5, 0.6) is 0 Å². The van der Waals surface area contributed by atoms with Gasteiger partial charge in [0.25, 0.3) is 0 Å². The first-order valence-corrected chi connectivity index (χ1v) is 12.2. The van der Waals surface area contributed by atoms with Gasteiger partial charge in [0.05, 0.1) is 26.4 Å². The summed E-state index contributed by atoms with van der Waals surface area (Å²) in [6.07, 6.45) is 2.50. The van der Waals surface area contributed by atoms with Gasteiger partial charge in [-0.1, -0.05) is 0 Å². The Balaban J connectivity index is 1.17. The van der Waals surface area contributed by atoms with Crippen molar-refractivity contribution >= 4 is 11.6 Å². The molecule has 5 rings (SSSR count). The van der Waals surface area contributed by atoms with Gasteiger partial charge in [-0.15, -0.1) is 0 Å². The summed E-state index contributed by atoms with van der Waals surface area (Å²) in [7, 11) is 0. The van der Waals surface area contributed by atoms with E-state index in [0.717, 1.165) is 108 Å². The van der Waals surface area contributed by atoms with Crippen LogP contribution in [0.25, 0.3) is 0 Å². The molecule has 4 aliphatic heterocycles. The number of nitrogens with zero attached hydrogens (tertiary/aromatic N) is 6. The lowest BCUT2D eigenvalue weighted by molar-refractivity contribution is 0.0319. The molecule has 172 valence electrons. The van der Waals surface area contributed by atoms with Crippen molar-refractivity contribution in [3.05, 3.63) is 11.9 Å². The molecule has 0 unspecified atom stereocenters. The maximum Gasteiger partial charge on any atom is 0.134 e. The van der Waals surface area contributed by atoms with E-state index in [-0.39, 0.29) is 0 Å². The van der Waals surface area contributed by atoms with Crippen molar-refractivity contribution in [3.63, 3.8) is 0 Å². The zero-order chi connectivity index (χ0) is 21.0. The molecule has 0 aromatic carbocycles. The lowest BCUT2D eigenvalue weighted by atomic mass is 10.1. The quantitative estimate of drug-likeness (QED) is 0.665.